The zero-order chi connectivity index (χ0) is 18.0. The van der Waals surface area contributed by atoms with Gasteiger partial charge in [-0.1, -0.05) is 0 Å². The van der Waals surface area contributed by atoms with Crippen molar-refractivity contribution in [3.63, 3.8) is 0 Å². The Hall–Kier alpha value is -2.60. The second kappa shape index (κ2) is 7.11. The van der Waals surface area contributed by atoms with Crippen LogP contribution < -0.4 is 10.1 Å². The molecule has 25 heavy (non-hydrogen) atoms. The van der Waals surface area contributed by atoms with Crippen LogP contribution >= 0.6 is 0 Å². The number of aliphatic hydroxyl groups is 1. The predicted molar refractivity (Wildman–Crippen MR) is 98.0 cm³/mol. The van der Waals surface area contributed by atoms with Crippen LogP contribution in [0.3, 0.4) is 0 Å². The zero-order valence-electron chi connectivity index (χ0n) is 15.1. The molecule has 1 unspecified atom stereocenters. The van der Waals surface area contributed by atoms with Crippen LogP contribution in [0.1, 0.15) is 42.4 Å². The highest BCUT2D eigenvalue weighted by Crippen LogP contribution is 2.27. The maximum absolute atomic E-state index is 9.56. The molecule has 2 aromatic heterocycles. The summed E-state index contributed by atoms with van der Waals surface area (Å²) in [5.41, 5.74) is 5.65. The van der Waals surface area contributed by atoms with E-state index in [-0.39, 0.29) is 12.6 Å². The van der Waals surface area contributed by atoms with Crippen LogP contribution in [-0.4, -0.2) is 26.3 Å². The Morgan fingerprint density at radius 3 is 2.80 bits per heavy atom. The third kappa shape index (κ3) is 3.44. The number of nitrogens with zero attached hydrogens (tertiary/aromatic N) is 3. The van der Waals surface area contributed by atoms with Crippen LogP contribution in [0.25, 0.3) is 5.65 Å². The number of fused-ring (bicyclic) bond motifs is 1. The van der Waals surface area contributed by atoms with Crippen molar-refractivity contribution < 1.29 is 9.84 Å². The number of benzene rings is 1. The minimum atomic E-state index is -0.0572. The summed E-state index contributed by atoms with van der Waals surface area (Å²) in [5, 5.41) is 17.5. The van der Waals surface area contributed by atoms with Crippen molar-refractivity contribution in [2.45, 2.75) is 40.3 Å². The van der Waals surface area contributed by atoms with Gasteiger partial charge in [-0.25, -0.2) is 9.50 Å². The number of hydrogen-bond donors (Lipinski definition) is 2. The molecule has 1 atom stereocenters. The van der Waals surface area contributed by atoms with E-state index in [0.29, 0.717) is 6.61 Å². The van der Waals surface area contributed by atoms with E-state index in [4.69, 9.17) is 4.74 Å². The molecule has 6 heteroatoms. The summed E-state index contributed by atoms with van der Waals surface area (Å²) < 4.78 is 7.41. The number of rotatable bonds is 6. The summed E-state index contributed by atoms with van der Waals surface area (Å²) in [6.07, 6.45) is 1.89. The highest BCUT2D eigenvalue weighted by Gasteiger charge is 2.14. The molecule has 0 spiro atoms. The number of aryl methyl sites for hydroxylation is 2. The smallest absolute Gasteiger partial charge is 0.155 e. The molecule has 0 aliphatic heterocycles. The third-order valence-corrected chi connectivity index (χ3v) is 4.26. The van der Waals surface area contributed by atoms with Gasteiger partial charge in [-0.05, 0) is 45.9 Å². The van der Waals surface area contributed by atoms with E-state index in [0.717, 1.165) is 39.6 Å². The third-order valence-electron chi connectivity index (χ3n) is 4.26. The zero-order valence-corrected chi connectivity index (χ0v) is 15.1. The van der Waals surface area contributed by atoms with Gasteiger partial charge in [0.2, 0.25) is 0 Å². The van der Waals surface area contributed by atoms with E-state index in [1.54, 1.807) is 0 Å². The van der Waals surface area contributed by atoms with Gasteiger partial charge in [-0.15, -0.1) is 0 Å². The van der Waals surface area contributed by atoms with Gasteiger partial charge in [0.15, 0.2) is 5.65 Å². The van der Waals surface area contributed by atoms with Crippen molar-refractivity contribution in [3.05, 3.63) is 53.0 Å². The molecule has 6 nitrogen and oxygen atoms in total. The minimum absolute atomic E-state index is 0.0471. The molecule has 0 bridgehead atoms. The molecular weight excluding hydrogens is 316 g/mol. The second-order valence-electron chi connectivity index (χ2n) is 6.13. The fraction of sp³-hybridized carbons (Fsp3) is 0.368. The van der Waals surface area contributed by atoms with Crippen molar-refractivity contribution in [1.82, 2.24) is 14.6 Å². The van der Waals surface area contributed by atoms with Crippen molar-refractivity contribution in [2.75, 3.05) is 11.9 Å². The molecule has 2 heterocycles. The van der Waals surface area contributed by atoms with Gasteiger partial charge in [0, 0.05) is 34.8 Å². The molecular formula is C19H24N4O2. The topological polar surface area (TPSA) is 71.7 Å². The number of aromatic nitrogens is 3. The van der Waals surface area contributed by atoms with E-state index >= 15 is 0 Å². The number of aliphatic hydroxyl groups excluding tert-OH is 1. The monoisotopic (exact) mass is 340 g/mol. The first kappa shape index (κ1) is 17.2. The van der Waals surface area contributed by atoms with Crippen LogP contribution in [0.5, 0.6) is 5.75 Å². The Kier molecular flexibility index (Phi) is 4.90. The minimum Gasteiger partial charge on any atom is -0.494 e. The summed E-state index contributed by atoms with van der Waals surface area (Å²) in [7, 11) is 0. The predicted octanol–water partition coefficient (Wildman–Crippen LogP) is 3.41. The molecule has 3 aromatic rings. The van der Waals surface area contributed by atoms with E-state index in [9.17, 15) is 5.11 Å². The van der Waals surface area contributed by atoms with Crippen LogP contribution in [-0.2, 0) is 6.61 Å². The average Bonchev–Trinajstić information content (AvgIpc) is 2.98. The lowest BCUT2D eigenvalue weighted by atomic mass is 10.1. The fourth-order valence-electron chi connectivity index (χ4n) is 3.02. The lowest BCUT2D eigenvalue weighted by molar-refractivity contribution is 0.267. The summed E-state index contributed by atoms with van der Waals surface area (Å²) >= 11 is 0. The Morgan fingerprint density at radius 2 is 2.08 bits per heavy atom. The largest absolute Gasteiger partial charge is 0.494 e. The summed E-state index contributed by atoms with van der Waals surface area (Å²) in [4.78, 5) is 4.50. The maximum Gasteiger partial charge on any atom is 0.155 e. The molecule has 2 N–H and O–H groups in total. The Morgan fingerprint density at radius 1 is 1.28 bits per heavy atom. The van der Waals surface area contributed by atoms with E-state index in [1.807, 2.05) is 55.7 Å². The molecule has 0 aliphatic rings. The standard InChI is InChI=1S/C19H24N4O2/c1-5-25-18-7-6-16(9-15(18)11-24)21-13(3)17-10-20-19-8-12(2)22-23(19)14(17)4/h6-10,13,21,24H,5,11H2,1-4H3. The second-order valence-corrected chi connectivity index (χ2v) is 6.13. The Bertz CT molecular complexity index is 889. The van der Waals surface area contributed by atoms with Crippen molar-refractivity contribution in [2.24, 2.45) is 0 Å². The maximum atomic E-state index is 9.56. The summed E-state index contributed by atoms with van der Waals surface area (Å²) in [6, 6.07) is 7.77. The quantitative estimate of drug-likeness (QED) is 0.719. The first-order chi connectivity index (χ1) is 12.0. The van der Waals surface area contributed by atoms with Gasteiger partial charge in [0.05, 0.1) is 24.9 Å². The molecule has 0 radical (unpaired) electrons. The Balaban J connectivity index is 1.87. The van der Waals surface area contributed by atoms with E-state index in [2.05, 4.69) is 22.3 Å². The van der Waals surface area contributed by atoms with Crippen molar-refractivity contribution in [3.8, 4) is 5.75 Å². The Labute approximate surface area is 147 Å². The lowest BCUT2D eigenvalue weighted by Gasteiger charge is -2.19. The van der Waals surface area contributed by atoms with Gasteiger partial charge in [0.1, 0.15) is 5.75 Å². The summed E-state index contributed by atoms with van der Waals surface area (Å²) in [6.45, 7) is 8.54. The molecule has 132 valence electrons. The molecule has 0 aliphatic carbocycles. The fourth-order valence-corrected chi connectivity index (χ4v) is 3.02. The molecule has 1 aromatic carbocycles. The lowest BCUT2D eigenvalue weighted by Crippen LogP contribution is -2.12. The van der Waals surface area contributed by atoms with Crippen LogP contribution in [0.2, 0.25) is 0 Å². The first-order valence-corrected chi connectivity index (χ1v) is 8.48. The van der Waals surface area contributed by atoms with Gasteiger partial charge >= 0.3 is 0 Å². The molecule has 0 amide bonds. The normalized spacial score (nSPS) is 12.4. The first-order valence-electron chi connectivity index (χ1n) is 8.48. The van der Waals surface area contributed by atoms with Crippen LogP contribution in [0, 0.1) is 13.8 Å². The van der Waals surface area contributed by atoms with Crippen LogP contribution in [0.4, 0.5) is 5.69 Å². The molecule has 0 saturated heterocycles. The number of nitrogens with one attached hydrogen (secondary N) is 1. The number of ether oxygens (including phenoxy) is 1. The van der Waals surface area contributed by atoms with Crippen LogP contribution in [0.15, 0.2) is 30.5 Å². The number of hydrogen-bond acceptors (Lipinski definition) is 5. The molecule has 3 rings (SSSR count). The van der Waals surface area contributed by atoms with Gasteiger partial charge < -0.3 is 15.2 Å². The molecule has 0 fully saturated rings. The number of anilines is 1. The van der Waals surface area contributed by atoms with Crippen molar-refractivity contribution >= 4 is 11.3 Å². The van der Waals surface area contributed by atoms with E-state index in [1.165, 1.54) is 0 Å². The average molecular weight is 340 g/mol. The summed E-state index contributed by atoms with van der Waals surface area (Å²) in [5.74, 6) is 0.717. The highest BCUT2D eigenvalue weighted by atomic mass is 16.5. The SMILES string of the molecule is CCOc1ccc(NC(C)c2cnc3cc(C)nn3c2C)cc1CO. The highest BCUT2D eigenvalue weighted by molar-refractivity contribution is 5.53. The van der Waals surface area contributed by atoms with E-state index < -0.39 is 0 Å². The molecule has 0 saturated carbocycles. The van der Waals surface area contributed by atoms with Crippen molar-refractivity contribution in [1.29, 1.82) is 0 Å². The van der Waals surface area contributed by atoms with Gasteiger partial charge in [0.25, 0.3) is 0 Å². The van der Waals surface area contributed by atoms with Gasteiger partial charge in [-0.3, -0.25) is 0 Å². The van der Waals surface area contributed by atoms with Gasteiger partial charge in [-0.2, -0.15) is 5.10 Å².